The first-order valence-corrected chi connectivity index (χ1v) is 11.4. The van der Waals surface area contributed by atoms with Crippen LogP contribution in [0.1, 0.15) is 33.5 Å². The maximum Gasteiger partial charge on any atom is 0.343 e. The van der Waals surface area contributed by atoms with Crippen LogP contribution >= 0.6 is 11.6 Å². The number of aryl methyl sites for hydroxylation is 1. The summed E-state index contributed by atoms with van der Waals surface area (Å²) >= 11 is 5.88. The van der Waals surface area contributed by atoms with E-state index in [4.69, 9.17) is 11.6 Å². The second-order valence-electron chi connectivity index (χ2n) is 8.40. The Morgan fingerprint density at radius 1 is 1.16 bits per heavy atom. The second-order valence-corrected chi connectivity index (χ2v) is 8.81. The van der Waals surface area contributed by atoms with Gasteiger partial charge in [-0.1, -0.05) is 23.7 Å². The smallest absolute Gasteiger partial charge is 0.343 e. The molecule has 2 amide bonds. The highest BCUT2D eigenvalue weighted by molar-refractivity contribution is 6.37. The van der Waals surface area contributed by atoms with Gasteiger partial charge in [0.25, 0.3) is 11.8 Å². The first-order chi connectivity index (χ1) is 17.7. The van der Waals surface area contributed by atoms with E-state index in [-0.39, 0.29) is 23.1 Å². The van der Waals surface area contributed by atoms with E-state index in [1.807, 2.05) is 0 Å². The quantitative estimate of drug-likeness (QED) is 0.158. The van der Waals surface area contributed by atoms with E-state index in [9.17, 15) is 24.1 Å². The first kappa shape index (κ1) is 24.1. The highest BCUT2D eigenvalue weighted by Crippen LogP contribution is 2.37. The van der Waals surface area contributed by atoms with E-state index in [2.05, 4.69) is 15.5 Å². The van der Waals surface area contributed by atoms with E-state index in [1.54, 1.807) is 44.2 Å². The molecule has 0 saturated carbocycles. The van der Waals surface area contributed by atoms with Crippen molar-refractivity contribution in [2.75, 3.05) is 10.3 Å². The minimum Gasteiger partial charge on any atom is -0.358 e. The topological polar surface area (TPSA) is 123 Å². The van der Waals surface area contributed by atoms with Crippen LogP contribution in [-0.4, -0.2) is 32.0 Å². The van der Waals surface area contributed by atoms with Crippen LogP contribution in [0.15, 0.2) is 59.8 Å². The van der Waals surface area contributed by atoms with E-state index in [0.29, 0.717) is 39.1 Å². The molecule has 1 aromatic heterocycles. The molecule has 0 atom stereocenters. The third-order valence-electron chi connectivity index (χ3n) is 6.04. The number of amides is 2. The van der Waals surface area contributed by atoms with Crippen molar-refractivity contribution >= 4 is 57.1 Å². The van der Waals surface area contributed by atoms with Gasteiger partial charge in [0.05, 0.1) is 22.1 Å². The lowest BCUT2D eigenvalue weighted by molar-refractivity contribution is -0.392. The van der Waals surface area contributed by atoms with Crippen molar-refractivity contribution in [1.29, 1.82) is 0 Å². The van der Waals surface area contributed by atoms with Gasteiger partial charge in [0.1, 0.15) is 18.6 Å². The molecule has 0 fully saturated rings. The first-order valence-electron chi connectivity index (χ1n) is 11.0. The number of rotatable bonds is 6. The molecule has 4 aromatic rings. The van der Waals surface area contributed by atoms with Crippen LogP contribution in [0.25, 0.3) is 10.8 Å². The minimum absolute atomic E-state index is 0.141. The summed E-state index contributed by atoms with van der Waals surface area (Å²) in [6.07, 6.45) is 1.19. The molecule has 1 aliphatic rings. The predicted octanol–water partition coefficient (Wildman–Crippen LogP) is 5.33. The molecule has 37 heavy (non-hydrogen) atoms. The Kier molecular flexibility index (Phi) is 5.92. The van der Waals surface area contributed by atoms with Crippen LogP contribution in [0.2, 0.25) is 5.02 Å². The van der Waals surface area contributed by atoms with E-state index in [1.165, 1.54) is 22.9 Å². The highest BCUT2D eigenvalue weighted by Gasteiger charge is 2.34. The molecule has 0 bridgehead atoms. The summed E-state index contributed by atoms with van der Waals surface area (Å²) < 4.78 is 15.1. The number of anilines is 2. The standard InChI is InChI=1S/C25H18ClFN6O4/c1-13(12-31-14(2)28-11-22(31)33(36)37)29-30-21-9-7-18-23-16(21)4-3-5-17(23)24(34)32(25(18)35)15-6-8-20(27)19(26)10-15/h3-11,30H,12H2,1-2H3/b29-13+. The van der Waals surface area contributed by atoms with Crippen LogP contribution in [0, 0.1) is 22.9 Å². The SMILES string of the molecule is C/C(Cn1c([N+](=O)[O-])cnc1C)=N\Nc1ccc2c3c(cccc13)C(=O)N(c1ccc(F)c(Cl)c1)C2=O. The number of nitrogens with zero attached hydrogens (tertiary/aromatic N) is 5. The molecule has 0 aliphatic carbocycles. The molecule has 1 N–H and O–H groups in total. The number of imide groups is 1. The Labute approximate surface area is 214 Å². The maximum atomic E-state index is 13.7. The van der Waals surface area contributed by atoms with Crippen molar-refractivity contribution < 1.29 is 18.9 Å². The largest absolute Gasteiger partial charge is 0.358 e. The molecule has 3 aromatic carbocycles. The Morgan fingerprint density at radius 3 is 2.59 bits per heavy atom. The second kappa shape index (κ2) is 9.10. The van der Waals surface area contributed by atoms with Crippen molar-refractivity contribution in [3.63, 3.8) is 0 Å². The molecular formula is C25H18ClFN6O4. The van der Waals surface area contributed by atoms with Crippen molar-refractivity contribution in [1.82, 2.24) is 9.55 Å². The molecule has 5 rings (SSSR count). The van der Waals surface area contributed by atoms with E-state index < -0.39 is 22.6 Å². The number of aromatic nitrogens is 2. The van der Waals surface area contributed by atoms with Gasteiger partial charge in [-0.05, 0) is 48.2 Å². The summed E-state index contributed by atoms with van der Waals surface area (Å²) in [4.78, 5) is 42.4. The van der Waals surface area contributed by atoms with Gasteiger partial charge in [-0.15, -0.1) is 0 Å². The van der Waals surface area contributed by atoms with Gasteiger partial charge in [-0.3, -0.25) is 15.0 Å². The van der Waals surface area contributed by atoms with E-state index in [0.717, 1.165) is 11.0 Å². The number of hydrazone groups is 1. The summed E-state index contributed by atoms with van der Waals surface area (Å²) in [5.41, 5.74) is 4.77. The zero-order chi connectivity index (χ0) is 26.4. The molecule has 186 valence electrons. The summed E-state index contributed by atoms with van der Waals surface area (Å²) in [5.74, 6) is -1.45. The van der Waals surface area contributed by atoms with E-state index >= 15 is 0 Å². The molecule has 0 unspecified atom stereocenters. The zero-order valence-electron chi connectivity index (χ0n) is 19.5. The number of hydrogen-bond donors (Lipinski definition) is 1. The molecule has 1 aliphatic heterocycles. The number of imidazole rings is 1. The summed E-state index contributed by atoms with van der Waals surface area (Å²) in [6, 6.07) is 11.9. The molecule has 0 spiro atoms. The zero-order valence-corrected chi connectivity index (χ0v) is 20.3. The lowest BCUT2D eigenvalue weighted by Gasteiger charge is -2.28. The van der Waals surface area contributed by atoms with Gasteiger partial charge in [0.15, 0.2) is 5.82 Å². The van der Waals surface area contributed by atoms with Gasteiger partial charge in [-0.25, -0.2) is 18.8 Å². The maximum absolute atomic E-state index is 13.7. The Bertz CT molecular complexity index is 1640. The fourth-order valence-electron chi connectivity index (χ4n) is 4.27. The third-order valence-corrected chi connectivity index (χ3v) is 6.33. The summed E-state index contributed by atoms with van der Waals surface area (Å²) in [5, 5.41) is 16.4. The number of hydrogen-bond acceptors (Lipinski definition) is 7. The van der Waals surface area contributed by atoms with Crippen molar-refractivity contribution in [2.24, 2.45) is 5.10 Å². The molecule has 0 radical (unpaired) electrons. The predicted molar refractivity (Wildman–Crippen MR) is 137 cm³/mol. The fraction of sp³-hybridized carbons (Fsp3) is 0.120. The Morgan fingerprint density at radius 2 is 1.89 bits per heavy atom. The highest BCUT2D eigenvalue weighted by atomic mass is 35.5. The number of carbonyl (C=O) groups is 2. The summed E-state index contributed by atoms with van der Waals surface area (Å²) in [6.45, 7) is 3.51. The van der Waals surface area contributed by atoms with Gasteiger partial charge >= 0.3 is 5.82 Å². The molecule has 12 heteroatoms. The van der Waals surface area contributed by atoms with Crippen LogP contribution in [0.4, 0.5) is 21.6 Å². The molecule has 10 nitrogen and oxygen atoms in total. The molecule has 2 heterocycles. The van der Waals surface area contributed by atoms with Crippen LogP contribution < -0.4 is 10.3 Å². The molecular weight excluding hydrogens is 503 g/mol. The Hall–Kier alpha value is -4.64. The van der Waals surface area contributed by atoms with Crippen LogP contribution in [0.3, 0.4) is 0 Å². The van der Waals surface area contributed by atoms with Crippen molar-refractivity contribution in [3.8, 4) is 0 Å². The third kappa shape index (κ3) is 4.08. The monoisotopic (exact) mass is 520 g/mol. The number of nitro groups is 1. The number of halogens is 2. The van der Waals surface area contributed by atoms with Crippen molar-refractivity contribution in [3.05, 3.63) is 92.6 Å². The molecule has 0 saturated heterocycles. The number of carbonyl (C=O) groups excluding carboxylic acids is 2. The fourth-order valence-corrected chi connectivity index (χ4v) is 4.44. The van der Waals surface area contributed by atoms with Gasteiger partial charge in [0.2, 0.25) is 0 Å². The average molecular weight is 521 g/mol. The lowest BCUT2D eigenvalue weighted by Crippen LogP contribution is -2.40. The normalized spacial score (nSPS) is 13.4. The van der Waals surface area contributed by atoms with Crippen molar-refractivity contribution in [2.45, 2.75) is 20.4 Å². The van der Waals surface area contributed by atoms with Crippen LogP contribution in [-0.2, 0) is 6.54 Å². The van der Waals surface area contributed by atoms with Crippen LogP contribution in [0.5, 0.6) is 0 Å². The summed E-state index contributed by atoms with van der Waals surface area (Å²) in [7, 11) is 0. The Balaban J connectivity index is 1.49. The number of nitrogens with one attached hydrogen (secondary N) is 1. The average Bonchev–Trinajstić information content (AvgIpc) is 3.23. The van der Waals surface area contributed by atoms with Gasteiger partial charge in [0, 0.05) is 28.8 Å². The number of benzene rings is 3. The van der Waals surface area contributed by atoms with Gasteiger partial charge < -0.3 is 10.1 Å². The van der Waals surface area contributed by atoms with Gasteiger partial charge in [-0.2, -0.15) is 5.10 Å². The lowest BCUT2D eigenvalue weighted by atomic mass is 9.93. The minimum atomic E-state index is -0.658.